The molecule has 0 saturated heterocycles. The molecule has 9 nitrogen and oxygen atoms in total. The summed E-state index contributed by atoms with van der Waals surface area (Å²) in [4.78, 5) is 38.4. The van der Waals surface area contributed by atoms with Gasteiger partial charge < -0.3 is 29.3 Å². The Kier molecular flexibility index (Phi) is 6.88. The number of nitrogens with one attached hydrogen (secondary N) is 2. The quantitative estimate of drug-likeness (QED) is 0.480. The van der Waals surface area contributed by atoms with Crippen LogP contribution in [0.4, 0.5) is 5.69 Å². The maximum absolute atomic E-state index is 13.0. The van der Waals surface area contributed by atoms with Crippen LogP contribution < -0.4 is 20.1 Å². The first-order valence-corrected chi connectivity index (χ1v) is 12.9. The highest BCUT2D eigenvalue weighted by Crippen LogP contribution is 2.61. The molecule has 4 aliphatic carbocycles. The van der Waals surface area contributed by atoms with E-state index in [0.717, 1.165) is 17.8 Å². The molecule has 2 amide bonds. The van der Waals surface area contributed by atoms with Gasteiger partial charge in [0.25, 0.3) is 11.8 Å². The zero-order valence-corrected chi connectivity index (χ0v) is 21.5. The van der Waals surface area contributed by atoms with Gasteiger partial charge in [-0.25, -0.2) is 4.79 Å². The zero-order chi connectivity index (χ0) is 26.2. The van der Waals surface area contributed by atoms with E-state index in [1.165, 1.54) is 77.2 Å². The number of hydrogen-bond donors (Lipinski definition) is 2. The Labute approximate surface area is 216 Å². The van der Waals surface area contributed by atoms with Gasteiger partial charge in [0.1, 0.15) is 0 Å². The summed E-state index contributed by atoms with van der Waals surface area (Å²) < 4.78 is 21.1. The lowest BCUT2D eigenvalue weighted by molar-refractivity contribution is -0.128. The van der Waals surface area contributed by atoms with E-state index in [0.29, 0.717) is 5.75 Å². The molecule has 0 radical (unpaired) electrons. The highest BCUT2D eigenvalue weighted by molar-refractivity contribution is 6.07. The van der Waals surface area contributed by atoms with Gasteiger partial charge in [-0.1, -0.05) is 0 Å². The molecule has 37 heavy (non-hydrogen) atoms. The van der Waals surface area contributed by atoms with Crippen molar-refractivity contribution < 1.29 is 33.0 Å². The van der Waals surface area contributed by atoms with E-state index in [1.807, 2.05) is 0 Å². The van der Waals surface area contributed by atoms with Crippen molar-refractivity contribution in [1.29, 1.82) is 0 Å². The Morgan fingerprint density at radius 1 is 1.03 bits per heavy atom. The number of carbonyl (C=O) groups excluding carboxylic acids is 3. The Bertz CT molecular complexity index is 1140. The minimum Gasteiger partial charge on any atom is -0.493 e. The van der Waals surface area contributed by atoms with Crippen LogP contribution in [0.1, 0.15) is 66.4 Å². The minimum absolute atomic E-state index is 0.0244. The smallest absolute Gasteiger partial charge is 0.340 e. The van der Waals surface area contributed by atoms with Crippen LogP contribution in [0.15, 0.2) is 34.9 Å². The number of anilines is 1. The van der Waals surface area contributed by atoms with Gasteiger partial charge in [-0.3, -0.25) is 9.59 Å². The summed E-state index contributed by atoms with van der Waals surface area (Å²) in [6, 6.07) is 5.99. The number of hydrogen-bond acceptors (Lipinski definition) is 7. The minimum atomic E-state index is -0.770. The Morgan fingerprint density at radius 3 is 2.22 bits per heavy atom. The molecule has 4 saturated carbocycles. The van der Waals surface area contributed by atoms with E-state index in [1.54, 1.807) is 6.07 Å². The van der Waals surface area contributed by atoms with Crippen molar-refractivity contribution in [2.75, 3.05) is 26.1 Å². The fraction of sp³-hybridized carbons (Fsp3) is 0.536. The molecule has 2 N–H and O–H groups in total. The molecular weight excluding hydrogens is 476 g/mol. The molecule has 1 atom stereocenters. The van der Waals surface area contributed by atoms with E-state index in [-0.39, 0.29) is 40.1 Å². The molecule has 1 aromatic carbocycles. The molecule has 0 aliphatic heterocycles. The fourth-order valence-corrected chi connectivity index (χ4v) is 7.10. The first kappa shape index (κ1) is 25.2. The number of benzene rings is 1. The maximum atomic E-state index is 13.0. The van der Waals surface area contributed by atoms with Gasteiger partial charge in [0.05, 0.1) is 31.7 Å². The van der Waals surface area contributed by atoms with Crippen molar-refractivity contribution in [3.8, 4) is 11.5 Å². The third-order valence-electron chi connectivity index (χ3n) is 8.45. The second-order valence-electron chi connectivity index (χ2n) is 10.8. The Morgan fingerprint density at radius 2 is 1.65 bits per heavy atom. The Balaban J connectivity index is 1.25. The maximum Gasteiger partial charge on any atom is 0.340 e. The third kappa shape index (κ3) is 5.04. The van der Waals surface area contributed by atoms with Crippen LogP contribution in [0.5, 0.6) is 11.5 Å². The van der Waals surface area contributed by atoms with Crippen LogP contribution >= 0.6 is 0 Å². The summed E-state index contributed by atoms with van der Waals surface area (Å²) in [5, 5.41) is 5.75. The molecule has 198 valence electrons. The van der Waals surface area contributed by atoms with Gasteiger partial charge in [-0.05, 0) is 80.8 Å². The standard InChI is InChI=1S/C28H34N2O7/c1-16(28-12-17-7-18(13-28)9-19(8-17)14-28)29-25(31)15-37-27(33)20-10-23(34-2)24(35-3)11-21(20)30-26(32)22-5-4-6-36-22/h4-6,10-11,16-19H,7-9,12-15H2,1-3H3,(H,29,31)(H,30,32)/t16-,17?,18?,19?,28?/m0/s1. The Hall–Kier alpha value is -3.49. The summed E-state index contributed by atoms with van der Waals surface area (Å²) in [6.45, 7) is 1.67. The lowest BCUT2D eigenvalue weighted by Crippen LogP contribution is -2.56. The average Bonchev–Trinajstić information content (AvgIpc) is 3.41. The summed E-state index contributed by atoms with van der Waals surface area (Å²) in [6.07, 6.45) is 8.90. The van der Waals surface area contributed by atoms with Crippen molar-refractivity contribution in [1.82, 2.24) is 5.32 Å². The highest BCUT2D eigenvalue weighted by Gasteiger charge is 2.53. The number of furan rings is 1. The fourth-order valence-electron chi connectivity index (χ4n) is 7.10. The van der Waals surface area contributed by atoms with Crippen LogP contribution in [0.25, 0.3) is 0 Å². The SMILES string of the molecule is COc1cc(NC(=O)c2ccco2)c(C(=O)OCC(=O)N[C@@H](C)C23CC4CC(CC(C4)C2)C3)cc1OC. The van der Waals surface area contributed by atoms with Gasteiger partial charge in [0, 0.05) is 18.2 Å². The molecule has 0 spiro atoms. The van der Waals surface area contributed by atoms with E-state index in [2.05, 4.69) is 17.6 Å². The molecule has 2 aromatic rings. The molecule has 9 heteroatoms. The number of amides is 2. The first-order chi connectivity index (χ1) is 17.8. The van der Waals surface area contributed by atoms with Crippen molar-refractivity contribution in [3.05, 3.63) is 41.9 Å². The van der Waals surface area contributed by atoms with Crippen molar-refractivity contribution in [2.45, 2.75) is 51.5 Å². The summed E-state index contributed by atoms with van der Waals surface area (Å²) in [5.41, 5.74) is 0.326. The molecule has 4 bridgehead atoms. The number of rotatable bonds is 9. The number of methoxy groups -OCH3 is 2. The largest absolute Gasteiger partial charge is 0.493 e. The molecule has 4 aliphatic rings. The summed E-state index contributed by atoms with van der Waals surface area (Å²) in [7, 11) is 2.89. The predicted octanol–water partition coefficient (Wildman–Crippen LogP) is 4.43. The lowest BCUT2D eigenvalue weighted by Gasteiger charge is -2.59. The monoisotopic (exact) mass is 510 g/mol. The zero-order valence-electron chi connectivity index (χ0n) is 21.5. The normalized spacial score (nSPS) is 26.3. The third-order valence-corrected chi connectivity index (χ3v) is 8.45. The average molecular weight is 511 g/mol. The van der Waals surface area contributed by atoms with Crippen LogP contribution in [-0.4, -0.2) is 44.7 Å². The summed E-state index contributed by atoms with van der Waals surface area (Å²) >= 11 is 0. The van der Waals surface area contributed by atoms with Gasteiger partial charge in [-0.15, -0.1) is 0 Å². The van der Waals surface area contributed by atoms with Gasteiger partial charge >= 0.3 is 5.97 Å². The topological polar surface area (TPSA) is 116 Å². The lowest BCUT2D eigenvalue weighted by atomic mass is 9.48. The van der Waals surface area contributed by atoms with Crippen LogP contribution in [0, 0.1) is 23.2 Å². The van der Waals surface area contributed by atoms with Crippen molar-refractivity contribution >= 4 is 23.5 Å². The first-order valence-electron chi connectivity index (χ1n) is 12.9. The molecule has 6 rings (SSSR count). The van der Waals surface area contributed by atoms with E-state index in [9.17, 15) is 14.4 Å². The van der Waals surface area contributed by atoms with Gasteiger partial charge in [0.2, 0.25) is 0 Å². The molecule has 4 fully saturated rings. The van der Waals surface area contributed by atoms with E-state index in [4.69, 9.17) is 18.6 Å². The molecule has 1 aromatic heterocycles. The summed E-state index contributed by atoms with van der Waals surface area (Å²) in [5.74, 6) is 1.36. The highest BCUT2D eigenvalue weighted by atomic mass is 16.5. The number of esters is 1. The predicted molar refractivity (Wildman–Crippen MR) is 135 cm³/mol. The van der Waals surface area contributed by atoms with Crippen LogP contribution in [-0.2, 0) is 9.53 Å². The van der Waals surface area contributed by atoms with Crippen molar-refractivity contribution in [3.63, 3.8) is 0 Å². The molecule has 1 heterocycles. The number of carbonyl (C=O) groups is 3. The van der Waals surface area contributed by atoms with Crippen molar-refractivity contribution in [2.24, 2.45) is 23.2 Å². The van der Waals surface area contributed by atoms with Gasteiger partial charge in [0.15, 0.2) is 23.9 Å². The molecular formula is C28H34N2O7. The second kappa shape index (κ2) is 10.1. The molecule has 0 unspecified atom stereocenters. The van der Waals surface area contributed by atoms with E-state index < -0.39 is 18.5 Å². The second-order valence-corrected chi connectivity index (χ2v) is 10.8. The van der Waals surface area contributed by atoms with Crippen LogP contribution in [0.2, 0.25) is 0 Å². The number of ether oxygens (including phenoxy) is 3. The van der Waals surface area contributed by atoms with E-state index >= 15 is 0 Å². The van der Waals surface area contributed by atoms with Crippen LogP contribution in [0.3, 0.4) is 0 Å². The van der Waals surface area contributed by atoms with Gasteiger partial charge in [-0.2, -0.15) is 0 Å².